The minimum atomic E-state index is -0.129. The summed E-state index contributed by atoms with van der Waals surface area (Å²) in [6.45, 7) is 0.823. The van der Waals surface area contributed by atoms with Crippen molar-refractivity contribution >= 4 is 32.6 Å². The van der Waals surface area contributed by atoms with Crippen molar-refractivity contribution in [2.45, 2.75) is 31.7 Å². The van der Waals surface area contributed by atoms with Crippen LogP contribution in [0, 0.1) is 0 Å². The van der Waals surface area contributed by atoms with Crippen molar-refractivity contribution in [2.24, 2.45) is 0 Å². The molecule has 1 aliphatic rings. The van der Waals surface area contributed by atoms with Crippen molar-refractivity contribution in [3.8, 4) is 11.6 Å². The monoisotopic (exact) mass is 430 g/mol. The number of hydrogen-bond acceptors (Lipinski definition) is 7. The molecule has 1 saturated heterocycles. The summed E-state index contributed by atoms with van der Waals surface area (Å²) >= 11 is 1.49. The molecule has 7 heteroatoms. The van der Waals surface area contributed by atoms with E-state index in [9.17, 15) is 4.79 Å². The highest BCUT2D eigenvalue weighted by Crippen LogP contribution is 2.37. The fourth-order valence-electron chi connectivity index (χ4n) is 3.93. The van der Waals surface area contributed by atoms with Gasteiger partial charge < -0.3 is 9.64 Å². The second-order valence-electron chi connectivity index (χ2n) is 7.55. The predicted octanol–water partition coefficient (Wildman–Crippen LogP) is 5.05. The molecule has 1 aliphatic heterocycles. The molecule has 0 spiro atoms. The molecule has 0 aliphatic carbocycles. The molecule has 1 atom stereocenters. The van der Waals surface area contributed by atoms with Gasteiger partial charge in [-0.25, -0.2) is 9.97 Å². The van der Waals surface area contributed by atoms with Gasteiger partial charge in [-0.05, 0) is 37.0 Å². The van der Waals surface area contributed by atoms with Crippen LogP contribution in [-0.2, 0) is 11.2 Å². The van der Waals surface area contributed by atoms with Gasteiger partial charge in [-0.15, -0.1) is 0 Å². The third-order valence-electron chi connectivity index (χ3n) is 5.48. The zero-order valence-electron chi connectivity index (χ0n) is 17.0. The second kappa shape index (κ2) is 8.81. The summed E-state index contributed by atoms with van der Waals surface area (Å²) in [6, 6.07) is 19.6. The van der Waals surface area contributed by atoms with Gasteiger partial charge in [-0.2, -0.15) is 4.98 Å². The maximum absolute atomic E-state index is 13.0. The molecule has 4 aromatic rings. The molecule has 2 aromatic heterocycles. The molecular formula is C24H22N4O2S. The molecule has 2 aromatic carbocycles. The van der Waals surface area contributed by atoms with E-state index < -0.39 is 0 Å². The molecule has 0 bridgehead atoms. The van der Waals surface area contributed by atoms with Crippen LogP contribution in [0.5, 0.6) is 11.6 Å². The highest BCUT2D eigenvalue weighted by atomic mass is 32.1. The Bertz CT molecular complexity index is 1180. The Hall–Kier alpha value is -3.32. The lowest BCUT2D eigenvalue weighted by Crippen LogP contribution is -2.36. The first-order valence-corrected chi connectivity index (χ1v) is 11.3. The molecule has 156 valence electrons. The number of fused-ring (bicyclic) bond motifs is 1. The van der Waals surface area contributed by atoms with Gasteiger partial charge in [-0.3, -0.25) is 4.79 Å². The Balaban J connectivity index is 1.35. The fourth-order valence-corrected chi connectivity index (χ4v) is 4.95. The lowest BCUT2D eigenvalue weighted by molar-refractivity contribution is -0.120. The van der Waals surface area contributed by atoms with Gasteiger partial charge in [0.2, 0.25) is 5.88 Å². The first kappa shape index (κ1) is 19.6. The molecule has 6 nitrogen and oxygen atoms in total. The topological polar surface area (TPSA) is 68.2 Å². The number of para-hydroxylation sites is 1. The van der Waals surface area contributed by atoms with Crippen molar-refractivity contribution in [3.63, 3.8) is 0 Å². The van der Waals surface area contributed by atoms with E-state index in [1.807, 2.05) is 48.5 Å². The average Bonchev–Trinajstić information content (AvgIpc) is 3.46. The van der Waals surface area contributed by atoms with Crippen molar-refractivity contribution in [1.29, 1.82) is 0 Å². The van der Waals surface area contributed by atoms with Crippen LogP contribution in [0.1, 0.15) is 24.8 Å². The van der Waals surface area contributed by atoms with E-state index in [4.69, 9.17) is 9.72 Å². The molecule has 0 saturated carbocycles. The smallest absolute Gasteiger partial charge is 0.242 e. The van der Waals surface area contributed by atoms with Crippen LogP contribution in [0.4, 0.5) is 5.13 Å². The Morgan fingerprint density at radius 3 is 2.65 bits per heavy atom. The fraction of sp³-hybridized carbons (Fsp3) is 0.250. The zero-order valence-corrected chi connectivity index (χ0v) is 17.8. The summed E-state index contributed by atoms with van der Waals surface area (Å²) < 4.78 is 6.76. The summed E-state index contributed by atoms with van der Waals surface area (Å²) in [4.78, 5) is 28.5. The summed E-state index contributed by atoms with van der Waals surface area (Å²) in [6.07, 6.45) is 4.62. The lowest BCUT2D eigenvalue weighted by atomic mass is 10.0. The average molecular weight is 431 g/mol. The van der Waals surface area contributed by atoms with Crippen LogP contribution in [0.15, 0.2) is 67.0 Å². The molecule has 1 fully saturated rings. The molecule has 0 unspecified atom stereocenters. The van der Waals surface area contributed by atoms with Crippen molar-refractivity contribution in [3.05, 3.63) is 72.6 Å². The lowest BCUT2D eigenvalue weighted by Gasteiger charge is -2.22. The number of carbonyl (C=O) groups excluding carboxylic acids is 1. The zero-order chi connectivity index (χ0) is 21.0. The number of aryl methyl sites for hydroxylation is 1. The maximum Gasteiger partial charge on any atom is 0.242 e. The minimum Gasteiger partial charge on any atom is -0.437 e. The number of ketones is 1. The molecular weight excluding hydrogens is 408 g/mol. The van der Waals surface area contributed by atoms with E-state index in [0.29, 0.717) is 23.7 Å². The SMILES string of the molecule is O=C(CCc1ccccc1)[C@H]1CCCN1c1nc2ncnc(Oc3ccccc3)c2s1. The van der Waals surface area contributed by atoms with E-state index in [1.165, 1.54) is 23.2 Å². The molecule has 0 N–H and O–H groups in total. The Morgan fingerprint density at radius 1 is 1.06 bits per heavy atom. The highest BCUT2D eigenvalue weighted by Gasteiger charge is 2.32. The molecule has 0 amide bonds. The van der Waals surface area contributed by atoms with Crippen LogP contribution >= 0.6 is 11.3 Å². The number of aromatic nitrogens is 3. The number of benzene rings is 2. The van der Waals surface area contributed by atoms with Gasteiger partial charge in [0.1, 0.15) is 16.8 Å². The van der Waals surface area contributed by atoms with E-state index in [0.717, 1.165) is 35.6 Å². The number of rotatable bonds is 7. The quantitative estimate of drug-likeness (QED) is 0.409. The van der Waals surface area contributed by atoms with Crippen molar-refractivity contribution in [1.82, 2.24) is 15.0 Å². The Kier molecular flexibility index (Phi) is 5.58. The Morgan fingerprint density at radius 2 is 1.84 bits per heavy atom. The third kappa shape index (κ3) is 4.27. The standard InChI is InChI=1S/C24H22N4O2S/c29-20(14-13-17-8-3-1-4-9-17)19-12-7-15-28(19)24-27-22-21(31-24)23(26-16-25-22)30-18-10-5-2-6-11-18/h1-6,8-11,16,19H,7,12-15H2/t19-/m1/s1. The first-order valence-electron chi connectivity index (χ1n) is 10.5. The number of hydrogen-bond donors (Lipinski definition) is 0. The number of carbonyl (C=O) groups is 1. The van der Waals surface area contributed by atoms with Crippen molar-refractivity contribution in [2.75, 3.05) is 11.4 Å². The van der Waals surface area contributed by atoms with E-state index >= 15 is 0 Å². The molecule has 5 rings (SSSR count). The van der Waals surface area contributed by atoms with Crippen LogP contribution in [0.25, 0.3) is 10.3 Å². The van der Waals surface area contributed by atoms with Gasteiger partial charge in [0.15, 0.2) is 16.6 Å². The van der Waals surface area contributed by atoms with Crippen LogP contribution in [0.2, 0.25) is 0 Å². The summed E-state index contributed by atoms with van der Waals surface area (Å²) in [5.41, 5.74) is 1.79. The summed E-state index contributed by atoms with van der Waals surface area (Å²) in [5, 5.41) is 0.809. The predicted molar refractivity (Wildman–Crippen MR) is 122 cm³/mol. The van der Waals surface area contributed by atoms with Gasteiger partial charge in [-0.1, -0.05) is 59.9 Å². The van der Waals surface area contributed by atoms with E-state index in [2.05, 4.69) is 27.0 Å². The molecule has 0 radical (unpaired) electrons. The number of Topliss-reactive ketones (excluding diaryl/α,β-unsaturated/α-hetero) is 1. The van der Waals surface area contributed by atoms with Crippen LogP contribution < -0.4 is 9.64 Å². The van der Waals surface area contributed by atoms with E-state index in [1.54, 1.807) is 0 Å². The largest absolute Gasteiger partial charge is 0.437 e. The van der Waals surface area contributed by atoms with Crippen molar-refractivity contribution < 1.29 is 9.53 Å². The van der Waals surface area contributed by atoms with E-state index in [-0.39, 0.29) is 11.8 Å². The van der Waals surface area contributed by atoms with Crippen LogP contribution in [0.3, 0.4) is 0 Å². The summed E-state index contributed by atoms with van der Waals surface area (Å²) in [5.74, 6) is 1.48. The highest BCUT2D eigenvalue weighted by molar-refractivity contribution is 7.22. The number of anilines is 1. The molecule has 31 heavy (non-hydrogen) atoms. The number of thiazole rings is 1. The Labute approximate surface area is 184 Å². The number of nitrogens with zero attached hydrogens (tertiary/aromatic N) is 4. The molecule has 3 heterocycles. The minimum absolute atomic E-state index is 0.129. The summed E-state index contributed by atoms with van der Waals surface area (Å²) in [7, 11) is 0. The van der Waals surface area contributed by atoms with Gasteiger partial charge >= 0.3 is 0 Å². The normalized spacial score (nSPS) is 16.0. The maximum atomic E-state index is 13.0. The van der Waals surface area contributed by atoms with Gasteiger partial charge in [0.25, 0.3) is 0 Å². The van der Waals surface area contributed by atoms with Crippen LogP contribution in [-0.4, -0.2) is 33.3 Å². The van der Waals surface area contributed by atoms with Gasteiger partial charge in [0.05, 0.1) is 6.04 Å². The van der Waals surface area contributed by atoms with Gasteiger partial charge in [0, 0.05) is 13.0 Å². The third-order valence-corrected chi connectivity index (χ3v) is 6.55. The first-order chi connectivity index (χ1) is 15.3. The number of ether oxygens (including phenoxy) is 1. The second-order valence-corrected chi connectivity index (χ2v) is 8.52.